The Morgan fingerprint density at radius 1 is 1.35 bits per heavy atom. The van der Waals surface area contributed by atoms with Crippen molar-refractivity contribution in [1.82, 2.24) is 0 Å². The molecule has 2 rings (SSSR count). The van der Waals surface area contributed by atoms with E-state index in [0.717, 1.165) is 0 Å². The first-order valence-electron chi connectivity index (χ1n) is 6.59. The molecular weight excluding hydrogens is 417 g/mol. The lowest BCUT2D eigenvalue weighted by Gasteiger charge is -2.15. The van der Waals surface area contributed by atoms with Gasteiger partial charge >= 0.3 is 0 Å². The van der Waals surface area contributed by atoms with Gasteiger partial charge in [0.15, 0.2) is 17.4 Å². The number of halogens is 3. The third kappa shape index (κ3) is 3.84. The van der Waals surface area contributed by atoms with E-state index in [9.17, 15) is 8.78 Å². The van der Waals surface area contributed by atoms with Crippen LogP contribution in [0.1, 0.15) is 0 Å². The molecule has 4 nitrogen and oxygen atoms in total. The van der Waals surface area contributed by atoms with E-state index in [0.29, 0.717) is 20.7 Å². The van der Waals surface area contributed by atoms with E-state index in [4.69, 9.17) is 15.2 Å². The lowest BCUT2D eigenvalue weighted by molar-refractivity contribution is 0.338. The first-order valence-corrected chi connectivity index (χ1v) is 7.67. The van der Waals surface area contributed by atoms with Gasteiger partial charge in [-0.3, -0.25) is 0 Å². The van der Waals surface area contributed by atoms with E-state index >= 15 is 0 Å². The molecule has 0 saturated heterocycles. The van der Waals surface area contributed by atoms with Crippen molar-refractivity contribution in [3.63, 3.8) is 0 Å². The van der Waals surface area contributed by atoms with Crippen molar-refractivity contribution in [3.05, 3.63) is 52.1 Å². The zero-order valence-electron chi connectivity index (χ0n) is 12.3. The van der Waals surface area contributed by atoms with E-state index in [-0.39, 0.29) is 18.0 Å². The Morgan fingerprint density at radius 3 is 2.74 bits per heavy atom. The van der Waals surface area contributed by atoms with Gasteiger partial charge in [-0.15, -0.1) is 0 Å². The van der Waals surface area contributed by atoms with Crippen LogP contribution in [-0.2, 0) is 0 Å². The van der Waals surface area contributed by atoms with Crippen molar-refractivity contribution in [2.24, 2.45) is 0 Å². The molecule has 122 valence electrons. The first kappa shape index (κ1) is 17.3. The minimum absolute atomic E-state index is 0.0455. The third-order valence-corrected chi connectivity index (χ3v) is 3.79. The molecule has 0 radical (unpaired) electrons. The molecule has 0 heterocycles. The number of nitrogens with two attached hydrogens (primary N) is 1. The second-order valence-corrected chi connectivity index (χ2v) is 5.70. The maximum atomic E-state index is 14.6. The van der Waals surface area contributed by atoms with E-state index in [1.165, 1.54) is 19.3 Å². The standard InChI is InChI=1S/C16H15F2IN2O2/c1-3-6-23-16-11(19)8-10(17)15(14(16)18)21-13-7-9(22-2)4-5-12(13)20/h3-5,7-8,21H,1,6,20H2,2H3. The molecule has 0 aliphatic rings. The molecule has 0 bridgehead atoms. The summed E-state index contributed by atoms with van der Waals surface area (Å²) in [5, 5.41) is 2.66. The Labute approximate surface area is 146 Å². The van der Waals surface area contributed by atoms with E-state index in [2.05, 4.69) is 11.9 Å². The highest BCUT2D eigenvalue weighted by molar-refractivity contribution is 14.1. The Bertz CT molecular complexity index is 739. The van der Waals surface area contributed by atoms with Crippen LogP contribution in [0.5, 0.6) is 11.5 Å². The van der Waals surface area contributed by atoms with Gasteiger partial charge in [-0.05, 0) is 40.8 Å². The topological polar surface area (TPSA) is 56.5 Å². The van der Waals surface area contributed by atoms with Gasteiger partial charge in [-0.2, -0.15) is 0 Å². The molecule has 0 unspecified atom stereocenters. The summed E-state index contributed by atoms with van der Waals surface area (Å²) >= 11 is 1.81. The van der Waals surface area contributed by atoms with Crippen LogP contribution < -0.4 is 20.5 Å². The zero-order valence-corrected chi connectivity index (χ0v) is 14.5. The van der Waals surface area contributed by atoms with E-state index in [1.807, 2.05) is 0 Å². The maximum absolute atomic E-state index is 14.6. The van der Waals surface area contributed by atoms with Crippen molar-refractivity contribution in [2.45, 2.75) is 0 Å². The summed E-state index contributed by atoms with van der Waals surface area (Å²) in [4.78, 5) is 0. The Morgan fingerprint density at radius 2 is 2.09 bits per heavy atom. The monoisotopic (exact) mass is 432 g/mol. The summed E-state index contributed by atoms with van der Waals surface area (Å²) in [6.07, 6.45) is 1.48. The normalized spacial score (nSPS) is 10.3. The smallest absolute Gasteiger partial charge is 0.192 e. The number of methoxy groups -OCH3 is 1. The highest BCUT2D eigenvalue weighted by Gasteiger charge is 2.19. The van der Waals surface area contributed by atoms with Crippen LogP contribution >= 0.6 is 22.6 Å². The number of ether oxygens (including phenoxy) is 2. The fourth-order valence-electron chi connectivity index (χ4n) is 1.87. The summed E-state index contributed by atoms with van der Waals surface area (Å²) in [6.45, 7) is 3.61. The Hall–Kier alpha value is -2.03. The van der Waals surface area contributed by atoms with Crippen LogP contribution in [0, 0.1) is 15.2 Å². The van der Waals surface area contributed by atoms with Crippen LogP contribution in [-0.4, -0.2) is 13.7 Å². The second-order valence-electron chi connectivity index (χ2n) is 4.54. The average Bonchev–Trinajstić information content (AvgIpc) is 2.52. The lowest BCUT2D eigenvalue weighted by Crippen LogP contribution is -2.05. The van der Waals surface area contributed by atoms with E-state index in [1.54, 1.807) is 40.8 Å². The van der Waals surface area contributed by atoms with Crippen LogP contribution in [0.3, 0.4) is 0 Å². The molecule has 2 aromatic rings. The molecule has 0 aromatic heterocycles. The number of rotatable bonds is 6. The van der Waals surface area contributed by atoms with Gasteiger partial charge in [0.2, 0.25) is 0 Å². The fraction of sp³-hybridized carbons (Fsp3) is 0.125. The summed E-state index contributed by atoms with van der Waals surface area (Å²) in [6, 6.07) is 5.97. The van der Waals surface area contributed by atoms with Crippen LogP contribution in [0.4, 0.5) is 25.8 Å². The molecule has 2 aromatic carbocycles. The number of nitrogen functional groups attached to an aromatic ring is 1. The average molecular weight is 432 g/mol. The number of hydrogen-bond acceptors (Lipinski definition) is 4. The van der Waals surface area contributed by atoms with Gasteiger partial charge in [0, 0.05) is 6.07 Å². The third-order valence-electron chi connectivity index (χ3n) is 2.99. The highest BCUT2D eigenvalue weighted by atomic mass is 127. The summed E-state index contributed by atoms with van der Waals surface area (Å²) in [7, 11) is 1.49. The zero-order chi connectivity index (χ0) is 17.0. The van der Waals surface area contributed by atoms with Gasteiger partial charge in [-0.1, -0.05) is 12.7 Å². The molecule has 0 fully saturated rings. The SMILES string of the molecule is C=CCOc1c(I)cc(F)c(Nc2cc(OC)ccc2N)c1F. The predicted molar refractivity (Wildman–Crippen MR) is 95.5 cm³/mol. The maximum Gasteiger partial charge on any atom is 0.192 e. The predicted octanol–water partition coefficient (Wildman–Crippen LogP) is 4.47. The number of benzene rings is 2. The minimum atomic E-state index is -0.835. The minimum Gasteiger partial charge on any atom is -0.497 e. The van der Waals surface area contributed by atoms with Crippen LogP contribution in [0.2, 0.25) is 0 Å². The number of anilines is 3. The van der Waals surface area contributed by atoms with E-state index < -0.39 is 11.6 Å². The van der Waals surface area contributed by atoms with Crippen LogP contribution in [0.15, 0.2) is 36.9 Å². The number of nitrogens with one attached hydrogen (secondary N) is 1. The van der Waals surface area contributed by atoms with Crippen molar-refractivity contribution >= 4 is 39.7 Å². The van der Waals surface area contributed by atoms with Crippen molar-refractivity contribution < 1.29 is 18.3 Å². The largest absolute Gasteiger partial charge is 0.497 e. The van der Waals surface area contributed by atoms with Gasteiger partial charge in [-0.25, -0.2) is 8.78 Å². The highest BCUT2D eigenvalue weighted by Crippen LogP contribution is 2.36. The summed E-state index contributed by atoms with van der Waals surface area (Å²) < 4.78 is 39.4. The first-order chi connectivity index (χ1) is 11.0. The molecule has 0 saturated carbocycles. The van der Waals surface area contributed by atoms with Crippen molar-refractivity contribution in [3.8, 4) is 11.5 Å². The molecule has 0 atom stereocenters. The lowest BCUT2D eigenvalue weighted by atomic mass is 10.2. The Kier molecular flexibility index (Phi) is 5.64. The Balaban J connectivity index is 2.45. The van der Waals surface area contributed by atoms with Crippen molar-refractivity contribution in [2.75, 3.05) is 24.8 Å². The molecule has 0 amide bonds. The van der Waals surface area contributed by atoms with Gasteiger partial charge in [0.05, 0.1) is 22.1 Å². The second kappa shape index (κ2) is 7.49. The van der Waals surface area contributed by atoms with Gasteiger partial charge < -0.3 is 20.5 Å². The molecule has 3 N–H and O–H groups in total. The summed E-state index contributed by atoms with van der Waals surface area (Å²) in [5.74, 6) is -1.12. The fourth-order valence-corrected chi connectivity index (χ4v) is 2.53. The van der Waals surface area contributed by atoms with Gasteiger partial charge in [0.25, 0.3) is 0 Å². The number of hydrogen-bond donors (Lipinski definition) is 2. The molecule has 0 spiro atoms. The van der Waals surface area contributed by atoms with Crippen molar-refractivity contribution in [1.29, 1.82) is 0 Å². The molecule has 23 heavy (non-hydrogen) atoms. The quantitative estimate of drug-likeness (QED) is 0.402. The molecule has 0 aliphatic heterocycles. The van der Waals surface area contributed by atoms with Crippen LogP contribution in [0.25, 0.3) is 0 Å². The molecular formula is C16H15F2IN2O2. The van der Waals surface area contributed by atoms with Gasteiger partial charge in [0.1, 0.15) is 18.0 Å². The summed E-state index contributed by atoms with van der Waals surface area (Å²) in [5.41, 5.74) is 6.15. The molecule has 0 aliphatic carbocycles. The molecule has 7 heteroatoms.